The minimum absolute atomic E-state index is 0.435. The van der Waals surface area contributed by atoms with Crippen LogP contribution in [0, 0.1) is 6.92 Å². The van der Waals surface area contributed by atoms with Crippen molar-refractivity contribution in [2.75, 3.05) is 13.2 Å². The molecule has 2 rings (SSSR count). The van der Waals surface area contributed by atoms with E-state index in [4.69, 9.17) is 4.74 Å². The van der Waals surface area contributed by atoms with Gasteiger partial charge in [-0.05, 0) is 37.8 Å². The van der Waals surface area contributed by atoms with Crippen LogP contribution in [0.4, 0.5) is 0 Å². The molecule has 2 nitrogen and oxygen atoms in total. The van der Waals surface area contributed by atoms with Crippen LogP contribution >= 0.6 is 0 Å². The van der Waals surface area contributed by atoms with E-state index >= 15 is 0 Å². The average molecular weight is 219 g/mol. The second-order valence-electron chi connectivity index (χ2n) is 4.63. The Morgan fingerprint density at radius 2 is 1.94 bits per heavy atom. The van der Waals surface area contributed by atoms with Gasteiger partial charge in [0.15, 0.2) is 0 Å². The number of hydrogen-bond donors (Lipinski definition) is 1. The first-order valence-electron chi connectivity index (χ1n) is 6.16. The molecule has 1 aromatic carbocycles. The van der Waals surface area contributed by atoms with E-state index in [0.29, 0.717) is 12.1 Å². The maximum atomic E-state index is 5.37. The molecule has 1 atom stereocenters. The zero-order valence-corrected chi connectivity index (χ0v) is 10.2. The van der Waals surface area contributed by atoms with Gasteiger partial charge in [0.05, 0.1) is 0 Å². The molecule has 1 aromatic rings. The highest BCUT2D eigenvalue weighted by Gasteiger charge is 2.17. The summed E-state index contributed by atoms with van der Waals surface area (Å²) in [6.45, 7) is 6.23. The molecule has 1 saturated heterocycles. The van der Waals surface area contributed by atoms with Crippen LogP contribution in [0.2, 0.25) is 0 Å². The van der Waals surface area contributed by atoms with E-state index < -0.39 is 0 Å². The Morgan fingerprint density at radius 1 is 1.25 bits per heavy atom. The molecular weight excluding hydrogens is 198 g/mol. The Hall–Kier alpha value is -0.860. The maximum Gasteiger partial charge on any atom is 0.0480 e. The first-order chi connectivity index (χ1) is 7.77. The maximum absolute atomic E-state index is 5.37. The van der Waals surface area contributed by atoms with E-state index in [2.05, 4.69) is 43.4 Å². The lowest BCUT2D eigenvalue weighted by atomic mass is 10.0. The molecule has 1 aliphatic heterocycles. The van der Waals surface area contributed by atoms with Gasteiger partial charge in [-0.3, -0.25) is 0 Å². The largest absolute Gasteiger partial charge is 0.381 e. The first kappa shape index (κ1) is 11.6. The number of aryl methyl sites for hydroxylation is 1. The fourth-order valence-corrected chi connectivity index (χ4v) is 2.38. The topological polar surface area (TPSA) is 21.3 Å². The van der Waals surface area contributed by atoms with Crippen molar-refractivity contribution in [3.63, 3.8) is 0 Å². The lowest BCUT2D eigenvalue weighted by molar-refractivity contribution is 0.0754. The number of nitrogens with one attached hydrogen (secondary N) is 1. The van der Waals surface area contributed by atoms with Gasteiger partial charge in [0.25, 0.3) is 0 Å². The van der Waals surface area contributed by atoms with Gasteiger partial charge in [0.2, 0.25) is 0 Å². The van der Waals surface area contributed by atoms with Gasteiger partial charge < -0.3 is 10.1 Å². The Balaban J connectivity index is 1.96. The smallest absolute Gasteiger partial charge is 0.0480 e. The molecule has 1 heterocycles. The van der Waals surface area contributed by atoms with Gasteiger partial charge in [-0.1, -0.05) is 24.3 Å². The Morgan fingerprint density at radius 3 is 2.62 bits per heavy atom. The average Bonchev–Trinajstić information content (AvgIpc) is 2.31. The number of rotatable bonds is 3. The van der Waals surface area contributed by atoms with Crippen molar-refractivity contribution in [3.05, 3.63) is 35.4 Å². The number of hydrogen-bond acceptors (Lipinski definition) is 2. The molecule has 1 fully saturated rings. The third-order valence-corrected chi connectivity index (χ3v) is 3.36. The van der Waals surface area contributed by atoms with Crippen LogP contribution in [0.1, 0.15) is 36.9 Å². The van der Waals surface area contributed by atoms with Crippen LogP contribution in [0.3, 0.4) is 0 Å². The SMILES string of the molecule is Cc1ccccc1[C@H](C)NC1CCOCC1. The number of benzene rings is 1. The summed E-state index contributed by atoms with van der Waals surface area (Å²) in [6.07, 6.45) is 2.27. The van der Waals surface area contributed by atoms with Crippen molar-refractivity contribution < 1.29 is 4.74 Å². The van der Waals surface area contributed by atoms with Crippen molar-refractivity contribution in [1.29, 1.82) is 0 Å². The summed E-state index contributed by atoms with van der Waals surface area (Å²) in [4.78, 5) is 0. The molecule has 0 amide bonds. The molecule has 0 unspecified atom stereocenters. The monoisotopic (exact) mass is 219 g/mol. The van der Waals surface area contributed by atoms with E-state index in [1.54, 1.807) is 0 Å². The Bertz CT molecular complexity index is 331. The Kier molecular flexibility index (Phi) is 3.97. The van der Waals surface area contributed by atoms with E-state index in [1.807, 2.05) is 0 Å². The van der Waals surface area contributed by atoms with Gasteiger partial charge in [-0.15, -0.1) is 0 Å². The second-order valence-corrected chi connectivity index (χ2v) is 4.63. The van der Waals surface area contributed by atoms with Gasteiger partial charge in [0.1, 0.15) is 0 Å². The van der Waals surface area contributed by atoms with Crippen LogP contribution in [0.25, 0.3) is 0 Å². The van der Waals surface area contributed by atoms with Crippen molar-refractivity contribution in [1.82, 2.24) is 5.32 Å². The summed E-state index contributed by atoms with van der Waals surface area (Å²) in [6, 6.07) is 9.65. The van der Waals surface area contributed by atoms with E-state index in [9.17, 15) is 0 Å². The van der Waals surface area contributed by atoms with E-state index in [0.717, 1.165) is 26.1 Å². The fourth-order valence-electron chi connectivity index (χ4n) is 2.38. The quantitative estimate of drug-likeness (QED) is 0.844. The lowest BCUT2D eigenvalue weighted by Gasteiger charge is -2.27. The lowest BCUT2D eigenvalue weighted by Crippen LogP contribution is -2.36. The van der Waals surface area contributed by atoms with Gasteiger partial charge >= 0.3 is 0 Å². The molecule has 1 aliphatic rings. The summed E-state index contributed by atoms with van der Waals surface area (Å²) in [5.41, 5.74) is 2.78. The zero-order valence-electron chi connectivity index (χ0n) is 10.2. The summed E-state index contributed by atoms with van der Waals surface area (Å²) in [5.74, 6) is 0. The molecule has 0 saturated carbocycles. The number of ether oxygens (including phenoxy) is 1. The van der Waals surface area contributed by atoms with Crippen LogP contribution in [0.5, 0.6) is 0 Å². The summed E-state index contributed by atoms with van der Waals surface area (Å²) in [7, 11) is 0. The van der Waals surface area contributed by atoms with E-state index in [1.165, 1.54) is 11.1 Å². The standard InChI is InChI=1S/C14H21NO/c1-11-5-3-4-6-14(11)12(2)15-13-7-9-16-10-8-13/h3-6,12-13,15H,7-10H2,1-2H3/t12-/m0/s1. The molecule has 0 aliphatic carbocycles. The molecule has 0 spiro atoms. The third-order valence-electron chi connectivity index (χ3n) is 3.36. The highest BCUT2D eigenvalue weighted by Crippen LogP contribution is 2.19. The Labute approximate surface area is 98.0 Å². The van der Waals surface area contributed by atoms with Crippen LogP contribution < -0.4 is 5.32 Å². The summed E-state index contributed by atoms with van der Waals surface area (Å²) in [5, 5.41) is 3.70. The minimum atomic E-state index is 0.435. The predicted octanol–water partition coefficient (Wildman–Crippen LogP) is 2.82. The van der Waals surface area contributed by atoms with Crippen molar-refractivity contribution in [3.8, 4) is 0 Å². The van der Waals surface area contributed by atoms with Gasteiger partial charge in [0, 0.05) is 25.3 Å². The summed E-state index contributed by atoms with van der Waals surface area (Å²) >= 11 is 0. The van der Waals surface area contributed by atoms with Crippen LogP contribution in [-0.4, -0.2) is 19.3 Å². The highest BCUT2D eigenvalue weighted by atomic mass is 16.5. The molecule has 88 valence electrons. The molecule has 1 N–H and O–H groups in total. The first-order valence-corrected chi connectivity index (χ1v) is 6.16. The van der Waals surface area contributed by atoms with E-state index in [-0.39, 0.29) is 0 Å². The van der Waals surface area contributed by atoms with Gasteiger partial charge in [-0.25, -0.2) is 0 Å². The fraction of sp³-hybridized carbons (Fsp3) is 0.571. The predicted molar refractivity (Wildman–Crippen MR) is 66.6 cm³/mol. The van der Waals surface area contributed by atoms with Crippen LogP contribution in [-0.2, 0) is 4.74 Å². The van der Waals surface area contributed by atoms with Gasteiger partial charge in [-0.2, -0.15) is 0 Å². The van der Waals surface area contributed by atoms with Crippen molar-refractivity contribution in [2.24, 2.45) is 0 Å². The molecule has 0 bridgehead atoms. The molecule has 16 heavy (non-hydrogen) atoms. The molecule has 2 heteroatoms. The second kappa shape index (κ2) is 5.46. The zero-order chi connectivity index (χ0) is 11.4. The highest BCUT2D eigenvalue weighted by molar-refractivity contribution is 5.28. The minimum Gasteiger partial charge on any atom is -0.381 e. The van der Waals surface area contributed by atoms with Crippen LogP contribution in [0.15, 0.2) is 24.3 Å². The van der Waals surface area contributed by atoms with Crippen molar-refractivity contribution >= 4 is 0 Å². The molecule has 0 aromatic heterocycles. The summed E-state index contributed by atoms with van der Waals surface area (Å²) < 4.78 is 5.37. The normalized spacial score (nSPS) is 19.6. The molecule has 0 radical (unpaired) electrons. The van der Waals surface area contributed by atoms with Crippen molar-refractivity contribution in [2.45, 2.75) is 38.8 Å². The third kappa shape index (κ3) is 2.83. The molecular formula is C14H21NO.